The summed E-state index contributed by atoms with van der Waals surface area (Å²) in [5.74, 6) is -1.41. The Labute approximate surface area is 154 Å². The van der Waals surface area contributed by atoms with Gasteiger partial charge in [0, 0.05) is 0 Å². The molecule has 1 aliphatic carbocycles. The van der Waals surface area contributed by atoms with E-state index in [0.717, 1.165) is 35.5 Å². The van der Waals surface area contributed by atoms with E-state index in [1.54, 1.807) is 11.4 Å². The number of carbonyl (C=O) groups is 4. The molecule has 0 aromatic carbocycles. The fourth-order valence-electron chi connectivity index (χ4n) is 3.63. The first-order valence-corrected chi connectivity index (χ1v) is 9.37. The third-order valence-electron chi connectivity index (χ3n) is 5.11. The van der Waals surface area contributed by atoms with Gasteiger partial charge < -0.3 is 15.4 Å². The van der Waals surface area contributed by atoms with Gasteiger partial charge in [-0.1, -0.05) is 19.8 Å². The van der Waals surface area contributed by atoms with Crippen molar-refractivity contribution < 1.29 is 23.9 Å². The minimum Gasteiger partial charge on any atom is -0.465 e. The Morgan fingerprint density at radius 3 is 2.88 bits per heavy atom. The van der Waals surface area contributed by atoms with Crippen LogP contribution >= 0.6 is 11.3 Å². The van der Waals surface area contributed by atoms with E-state index < -0.39 is 30.0 Å². The van der Waals surface area contributed by atoms with Gasteiger partial charge in [-0.3, -0.25) is 14.5 Å². The molecule has 9 heteroatoms. The summed E-state index contributed by atoms with van der Waals surface area (Å²) in [5.41, 5.74) is -0.588. The van der Waals surface area contributed by atoms with Crippen LogP contribution in [0.15, 0.2) is 11.4 Å². The number of imide groups is 1. The lowest BCUT2D eigenvalue weighted by molar-refractivity contribution is -0.136. The number of nitrogens with zero attached hydrogens (tertiary/aromatic N) is 1. The average Bonchev–Trinajstić information content (AvgIpc) is 3.16. The number of urea groups is 1. The molecule has 8 nitrogen and oxygen atoms in total. The third kappa shape index (κ3) is 3.07. The predicted molar refractivity (Wildman–Crippen MR) is 94.9 cm³/mol. The highest BCUT2D eigenvalue weighted by Crippen LogP contribution is 2.38. The number of rotatable bonds is 4. The number of nitrogens with one attached hydrogen (secondary N) is 2. The molecular formula is C17H21N3O5S. The van der Waals surface area contributed by atoms with E-state index in [9.17, 15) is 19.2 Å². The van der Waals surface area contributed by atoms with Gasteiger partial charge in [-0.2, -0.15) is 0 Å². The van der Waals surface area contributed by atoms with Crippen molar-refractivity contribution in [2.24, 2.45) is 5.92 Å². The quantitative estimate of drug-likeness (QED) is 0.615. The Hall–Kier alpha value is -2.42. The first-order valence-electron chi connectivity index (χ1n) is 8.49. The Kier molecular flexibility index (Phi) is 4.99. The molecule has 0 radical (unpaired) electrons. The summed E-state index contributed by atoms with van der Waals surface area (Å²) in [7, 11) is 1.26. The number of thiophene rings is 1. The topological polar surface area (TPSA) is 105 Å². The Bertz CT molecular complexity index is 761. The molecule has 2 aliphatic rings. The standard InChI is InChI=1S/C17H21N3O5S/c1-10-5-3-4-7-17(10)15(23)20(16(24)19-17)9-12(21)18-11-6-8-26-13(11)14(22)25-2/h6,8,10H,3-5,7,9H2,1-2H3,(H,18,21)(H,19,24). The molecule has 2 unspecified atom stereocenters. The van der Waals surface area contributed by atoms with E-state index >= 15 is 0 Å². The number of carbonyl (C=O) groups excluding carboxylic acids is 4. The van der Waals surface area contributed by atoms with Crippen LogP contribution in [0.5, 0.6) is 0 Å². The first-order chi connectivity index (χ1) is 12.4. The van der Waals surface area contributed by atoms with Crippen molar-refractivity contribution >= 4 is 40.8 Å². The lowest BCUT2D eigenvalue weighted by Crippen LogP contribution is -2.54. The van der Waals surface area contributed by atoms with Crippen LogP contribution in [0.4, 0.5) is 10.5 Å². The van der Waals surface area contributed by atoms with E-state index in [4.69, 9.17) is 0 Å². The van der Waals surface area contributed by atoms with Gasteiger partial charge in [-0.15, -0.1) is 11.3 Å². The smallest absolute Gasteiger partial charge is 0.350 e. The normalized spacial score (nSPS) is 25.3. The maximum Gasteiger partial charge on any atom is 0.350 e. The van der Waals surface area contributed by atoms with Crippen molar-refractivity contribution in [3.63, 3.8) is 0 Å². The Morgan fingerprint density at radius 2 is 2.19 bits per heavy atom. The van der Waals surface area contributed by atoms with Crippen LogP contribution in [-0.2, 0) is 14.3 Å². The third-order valence-corrected chi connectivity index (χ3v) is 6.01. The summed E-state index contributed by atoms with van der Waals surface area (Å²) < 4.78 is 4.66. The number of ether oxygens (including phenoxy) is 1. The SMILES string of the molecule is COC(=O)c1sccc1NC(=O)CN1C(=O)NC2(CCCCC2C)C1=O. The van der Waals surface area contributed by atoms with Gasteiger partial charge in [0.2, 0.25) is 5.91 Å². The van der Waals surface area contributed by atoms with Crippen molar-refractivity contribution in [1.82, 2.24) is 10.2 Å². The number of esters is 1. The van der Waals surface area contributed by atoms with Gasteiger partial charge in [0.05, 0.1) is 12.8 Å². The molecule has 2 N–H and O–H groups in total. The molecular weight excluding hydrogens is 358 g/mol. The molecule has 26 heavy (non-hydrogen) atoms. The van der Waals surface area contributed by atoms with E-state index in [1.807, 2.05) is 6.92 Å². The minimum atomic E-state index is -0.894. The van der Waals surface area contributed by atoms with E-state index in [-0.39, 0.29) is 16.7 Å². The molecule has 1 aromatic rings. The molecule has 1 aromatic heterocycles. The highest BCUT2D eigenvalue weighted by molar-refractivity contribution is 7.12. The fourth-order valence-corrected chi connectivity index (χ4v) is 4.40. The van der Waals surface area contributed by atoms with Crippen molar-refractivity contribution in [1.29, 1.82) is 0 Å². The zero-order chi connectivity index (χ0) is 18.9. The number of amides is 4. The van der Waals surface area contributed by atoms with Crippen molar-refractivity contribution in [3.8, 4) is 0 Å². The highest BCUT2D eigenvalue weighted by Gasteiger charge is 2.55. The largest absolute Gasteiger partial charge is 0.465 e. The second-order valence-electron chi connectivity index (χ2n) is 6.64. The molecule has 1 aliphatic heterocycles. The van der Waals surface area contributed by atoms with E-state index in [1.165, 1.54) is 7.11 Å². The van der Waals surface area contributed by atoms with E-state index in [2.05, 4.69) is 15.4 Å². The first kappa shape index (κ1) is 18.4. The maximum atomic E-state index is 12.9. The van der Waals surface area contributed by atoms with Gasteiger partial charge in [0.15, 0.2) is 0 Å². The molecule has 2 fully saturated rings. The zero-order valence-corrected chi connectivity index (χ0v) is 15.5. The van der Waals surface area contributed by atoms with Gasteiger partial charge in [0.25, 0.3) is 5.91 Å². The van der Waals surface area contributed by atoms with Crippen molar-refractivity contribution in [2.75, 3.05) is 19.0 Å². The number of methoxy groups -OCH3 is 1. The van der Waals surface area contributed by atoms with Crippen molar-refractivity contribution in [3.05, 3.63) is 16.3 Å². The molecule has 3 rings (SSSR count). The summed E-state index contributed by atoms with van der Waals surface area (Å²) in [6.45, 7) is 1.56. The molecule has 2 atom stereocenters. The second kappa shape index (κ2) is 7.06. The predicted octanol–water partition coefficient (Wildman–Crippen LogP) is 1.97. The highest BCUT2D eigenvalue weighted by atomic mass is 32.1. The molecule has 140 valence electrons. The number of anilines is 1. The Morgan fingerprint density at radius 1 is 1.42 bits per heavy atom. The van der Waals surface area contributed by atoms with Crippen LogP contribution in [0, 0.1) is 5.92 Å². The molecule has 1 spiro atoms. The summed E-state index contributed by atoms with van der Waals surface area (Å²) in [6, 6.07) is 1.03. The molecule has 1 saturated heterocycles. The van der Waals surface area contributed by atoms with Crippen LogP contribution in [0.3, 0.4) is 0 Å². The molecule has 1 saturated carbocycles. The fraction of sp³-hybridized carbons (Fsp3) is 0.529. The lowest BCUT2D eigenvalue weighted by atomic mass is 9.73. The van der Waals surface area contributed by atoms with E-state index in [0.29, 0.717) is 12.1 Å². The zero-order valence-electron chi connectivity index (χ0n) is 14.7. The number of hydrogen-bond donors (Lipinski definition) is 2. The lowest BCUT2D eigenvalue weighted by Gasteiger charge is -2.36. The second-order valence-corrected chi connectivity index (χ2v) is 7.56. The number of hydrogen-bond acceptors (Lipinski definition) is 6. The van der Waals surface area contributed by atoms with Crippen LogP contribution in [-0.4, -0.2) is 47.9 Å². The van der Waals surface area contributed by atoms with Crippen LogP contribution in [0.2, 0.25) is 0 Å². The molecule has 4 amide bonds. The Balaban J connectivity index is 1.70. The van der Waals surface area contributed by atoms with Crippen LogP contribution in [0.25, 0.3) is 0 Å². The minimum absolute atomic E-state index is 0.0311. The maximum absolute atomic E-state index is 12.9. The summed E-state index contributed by atoms with van der Waals surface area (Å²) in [4.78, 5) is 50.4. The molecule has 2 heterocycles. The van der Waals surface area contributed by atoms with Gasteiger partial charge >= 0.3 is 12.0 Å². The summed E-state index contributed by atoms with van der Waals surface area (Å²) in [6.07, 6.45) is 3.35. The molecule has 0 bridgehead atoms. The summed E-state index contributed by atoms with van der Waals surface area (Å²) >= 11 is 1.14. The van der Waals surface area contributed by atoms with Gasteiger partial charge in [0.1, 0.15) is 17.0 Å². The van der Waals surface area contributed by atoms with Gasteiger partial charge in [-0.05, 0) is 30.2 Å². The monoisotopic (exact) mass is 379 g/mol. The van der Waals surface area contributed by atoms with Gasteiger partial charge in [-0.25, -0.2) is 9.59 Å². The summed E-state index contributed by atoms with van der Waals surface area (Å²) in [5, 5.41) is 7.03. The van der Waals surface area contributed by atoms with Crippen molar-refractivity contribution in [2.45, 2.75) is 38.1 Å². The average molecular weight is 379 g/mol. The van der Waals surface area contributed by atoms with Crippen LogP contribution in [0.1, 0.15) is 42.3 Å². The van der Waals surface area contributed by atoms with Crippen LogP contribution < -0.4 is 10.6 Å².